The summed E-state index contributed by atoms with van der Waals surface area (Å²) in [6.07, 6.45) is 5.80. The first-order valence-electron chi connectivity index (χ1n) is 7.16. The van der Waals surface area contributed by atoms with E-state index in [-0.39, 0.29) is 5.91 Å². The Hall–Kier alpha value is -2.01. The molecule has 0 spiro atoms. The Bertz CT molecular complexity index is 587. The van der Waals surface area contributed by atoms with E-state index in [1.165, 1.54) is 4.90 Å². The summed E-state index contributed by atoms with van der Waals surface area (Å²) < 4.78 is 5.64. The molecule has 0 unspecified atom stereocenters. The molecule has 0 aliphatic carbocycles. The van der Waals surface area contributed by atoms with Gasteiger partial charge in [0.15, 0.2) is 6.10 Å². The molecule has 1 aromatic carbocycles. The standard InChI is InChI=1S/C17H20N2O2S/c1-13(21-15-5-7-16(22-2)8-6-15)17(20)19-11-9-14-4-3-10-18-12-14/h3-8,10,12-13H,9,11H2,1-2H3,(H,19,20)/t13-/m0/s1. The highest BCUT2D eigenvalue weighted by atomic mass is 32.2. The normalized spacial score (nSPS) is 11.7. The third-order valence-corrected chi connectivity index (χ3v) is 3.92. The zero-order valence-electron chi connectivity index (χ0n) is 12.8. The molecule has 1 heterocycles. The van der Waals surface area contributed by atoms with Crippen molar-refractivity contribution in [3.05, 3.63) is 54.4 Å². The molecule has 2 rings (SSSR count). The summed E-state index contributed by atoms with van der Waals surface area (Å²) >= 11 is 1.67. The number of rotatable bonds is 7. The van der Waals surface area contributed by atoms with Gasteiger partial charge in [-0.05, 0) is 55.5 Å². The van der Waals surface area contributed by atoms with Crippen molar-refractivity contribution < 1.29 is 9.53 Å². The van der Waals surface area contributed by atoms with E-state index >= 15 is 0 Å². The van der Waals surface area contributed by atoms with Crippen LogP contribution in [0.4, 0.5) is 0 Å². The Labute approximate surface area is 135 Å². The second kappa shape index (κ2) is 8.44. The maximum atomic E-state index is 12.0. The van der Waals surface area contributed by atoms with Crippen LogP contribution in [0.15, 0.2) is 53.7 Å². The first kappa shape index (κ1) is 16.4. The number of nitrogens with one attached hydrogen (secondary N) is 1. The smallest absolute Gasteiger partial charge is 0.260 e. The third kappa shape index (κ3) is 5.07. The quantitative estimate of drug-likeness (QED) is 0.798. The highest BCUT2D eigenvalue weighted by Crippen LogP contribution is 2.19. The van der Waals surface area contributed by atoms with Crippen molar-refractivity contribution in [3.63, 3.8) is 0 Å². The van der Waals surface area contributed by atoms with Crippen LogP contribution in [-0.4, -0.2) is 29.8 Å². The molecule has 116 valence electrons. The van der Waals surface area contributed by atoms with Crippen LogP contribution >= 0.6 is 11.8 Å². The highest BCUT2D eigenvalue weighted by molar-refractivity contribution is 7.98. The lowest BCUT2D eigenvalue weighted by Gasteiger charge is -2.15. The van der Waals surface area contributed by atoms with Crippen LogP contribution < -0.4 is 10.1 Å². The third-order valence-electron chi connectivity index (χ3n) is 3.18. The van der Waals surface area contributed by atoms with Crippen LogP contribution in [0, 0.1) is 0 Å². The van der Waals surface area contributed by atoms with E-state index in [2.05, 4.69) is 10.3 Å². The molecule has 1 atom stereocenters. The Morgan fingerprint density at radius 3 is 2.73 bits per heavy atom. The maximum absolute atomic E-state index is 12.0. The molecule has 1 aromatic heterocycles. The minimum Gasteiger partial charge on any atom is -0.481 e. The summed E-state index contributed by atoms with van der Waals surface area (Å²) in [6, 6.07) is 11.6. The number of hydrogen-bond acceptors (Lipinski definition) is 4. The summed E-state index contributed by atoms with van der Waals surface area (Å²) in [6.45, 7) is 2.32. The zero-order chi connectivity index (χ0) is 15.8. The molecule has 2 aromatic rings. The van der Waals surface area contributed by atoms with Crippen molar-refractivity contribution in [3.8, 4) is 5.75 Å². The Kier molecular flexibility index (Phi) is 6.27. The second-order valence-corrected chi connectivity index (χ2v) is 5.72. The SMILES string of the molecule is CSc1ccc(O[C@@H](C)C(=O)NCCc2cccnc2)cc1. The lowest BCUT2D eigenvalue weighted by molar-refractivity contribution is -0.127. The van der Waals surface area contributed by atoms with Gasteiger partial charge in [-0.15, -0.1) is 11.8 Å². The van der Waals surface area contributed by atoms with E-state index in [1.807, 2.05) is 42.7 Å². The van der Waals surface area contributed by atoms with Crippen molar-refractivity contribution in [2.24, 2.45) is 0 Å². The van der Waals surface area contributed by atoms with Crippen LogP contribution in [0.1, 0.15) is 12.5 Å². The van der Waals surface area contributed by atoms with Crippen LogP contribution in [0.2, 0.25) is 0 Å². The molecular formula is C17H20N2O2S. The first-order chi connectivity index (χ1) is 10.7. The fraction of sp³-hybridized carbons (Fsp3) is 0.294. The number of thioether (sulfide) groups is 1. The lowest BCUT2D eigenvalue weighted by atomic mass is 10.2. The van der Waals surface area contributed by atoms with Gasteiger partial charge in [-0.25, -0.2) is 0 Å². The largest absolute Gasteiger partial charge is 0.481 e. The second-order valence-electron chi connectivity index (χ2n) is 4.84. The molecule has 0 fully saturated rings. The predicted octanol–water partition coefficient (Wildman–Crippen LogP) is 2.93. The predicted molar refractivity (Wildman–Crippen MR) is 89.3 cm³/mol. The van der Waals surface area contributed by atoms with E-state index in [1.54, 1.807) is 31.1 Å². The minimum absolute atomic E-state index is 0.113. The van der Waals surface area contributed by atoms with Crippen LogP contribution in [0.3, 0.4) is 0 Å². The number of amides is 1. The van der Waals surface area contributed by atoms with Gasteiger partial charge in [0, 0.05) is 23.8 Å². The van der Waals surface area contributed by atoms with Gasteiger partial charge in [0.05, 0.1) is 0 Å². The summed E-state index contributed by atoms with van der Waals surface area (Å²) in [7, 11) is 0. The Morgan fingerprint density at radius 2 is 2.09 bits per heavy atom. The maximum Gasteiger partial charge on any atom is 0.260 e. The van der Waals surface area contributed by atoms with Gasteiger partial charge >= 0.3 is 0 Å². The summed E-state index contributed by atoms with van der Waals surface area (Å²) in [5.74, 6) is 0.588. The summed E-state index contributed by atoms with van der Waals surface area (Å²) in [5, 5.41) is 2.88. The van der Waals surface area contributed by atoms with Crippen molar-refractivity contribution in [1.29, 1.82) is 0 Å². The molecular weight excluding hydrogens is 296 g/mol. The van der Waals surface area contributed by atoms with Crippen molar-refractivity contribution in [2.75, 3.05) is 12.8 Å². The molecule has 1 amide bonds. The van der Waals surface area contributed by atoms with E-state index in [4.69, 9.17) is 4.74 Å². The molecule has 0 saturated carbocycles. The molecule has 0 radical (unpaired) electrons. The van der Waals surface area contributed by atoms with Crippen LogP contribution in [0.5, 0.6) is 5.75 Å². The number of nitrogens with zero attached hydrogens (tertiary/aromatic N) is 1. The van der Waals surface area contributed by atoms with Gasteiger partial charge in [-0.1, -0.05) is 6.07 Å². The lowest BCUT2D eigenvalue weighted by Crippen LogP contribution is -2.37. The number of carbonyl (C=O) groups is 1. The summed E-state index contributed by atoms with van der Waals surface area (Å²) in [5.41, 5.74) is 1.10. The number of pyridine rings is 1. The average Bonchev–Trinajstić information content (AvgIpc) is 2.56. The molecule has 0 saturated heterocycles. The molecule has 4 nitrogen and oxygen atoms in total. The van der Waals surface area contributed by atoms with Gasteiger partial charge in [0.1, 0.15) is 5.75 Å². The van der Waals surface area contributed by atoms with E-state index in [0.717, 1.165) is 12.0 Å². The van der Waals surface area contributed by atoms with Crippen molar-refractivity contribution >= 4 is 17.7 Å². The molecule has 22 heavy (non-hydrogen) atoms. The van der Waals surface area contributed by atoms with E-state index < -0.39 is 6.10 Å². The fourth-order valence-corrected chi connectivity index (χ4v) is 2.34. The molecule has 5 heteroatoms. The Morgan fingerprint density at radius 1 is 1.32 bits per heavy atom. The fourth-order valence-electron chi connectivity index (χ4n) is 1.93. The van der Waals surface area contributed by atoms with Gasteiger partial charge in [0.25, 0.3) is 5.91 Å². The number of hydrogen-bond donors (Lipinski definition) is 1. The number of aromatic nitrogens is 1. The number of ether oxygens (including phenoxy) is 1. The molecule has 0 aliphatic heterocycles. The number of carbonyl (C=O) groups excluding carboxylic acids is 1. The van der Waals surface area contributed by atoms with Crippen molar-refractivity contribution in [2.45, 2.75) is 24.3 Å². The molecule has 1 N–H and O–H groups in total. The highest BCUT2D eigenvalue weighted by Gasteiger charge is 2.13. The van der Waals surface area contributed by atoms with Gasteiger partial charge in [-0.2, -0.15) is 0 Å². The average molecular weight is 316 g/mol. The van der Waals surface area contributed by atoms with Crippen LogP contribution in [-0.2, 0) is 11.2 Å². The first-order valence-corrected chi connectivity index (χ1v) is 8.39. The number of benzene rings is 1. The summed E-state index contributed by atoms with van der Waals surface area (Å²) in [4.78, 5) is 17.2. The Balaban J connectivity index is 1.76. The zero-order valence-corrected chi connectivity index (χ0v) is 13.6. The van der Waals surface area contributed by atoms with E-state index in [9.17, 15) is 4.79 Å². The van der Waals surface area contributed by atoms with Gasteiger partial charge < -0.3 is 10.1 Å². The van der Waals surface area contributed by atoms with Gasteiger partial charge in [-0.3, -0.25) is 9.78 Å². The topological polar surface area (TPSA) is 51.2 Å². The van der Waals surface area contributed by atoms with Crippen molar-refractivity contribution in [1.82, 2.24) is 10.3 Å². The monoisotopic (exact) mass is 316 g/mol. The molecule has 0 aliphatic rings. The van der Waals surface area contributed by atoms with E-state index in [0.29, 0.717) is 12.3 Å². The van der Waals surface area contributed by atoms with Gasteiger partial charge in [0.2, 0.25) is 0 Å². The molecule has 0 bridgehead atoms. The van der Waals surface area contributed by atoms with Crippen LogP contribution in [0.25, 0.3) is 0 Å². The minimum atomic E-state index is -0.519.